The highest BCUT2D eigenvalue weighted by Crippen LogP contribution is 2.23. The van der Waals surface area contributed by atoms with E-state index in [1.54, 1.807) is 22.7 Å². The molecule has 1 aromatic carbocycles. The van der Waals surface area contributed by atoms with Crippen LogP contribution in [-0.4, -0.2) is 55.1 Å². The SMILES string of the molecule is Cc1c(C(=O)N2CCCC(C(C)O)C2)nnn1-c1ccc2ncccc2c1. The van der Waals surface area contributed by atoms with Gasteiger partial charge in [-0.05, 0) is 51.0 Å². The number of rotatable bonds is 3. The van der Waals surface area contributed by atoms with Crippen LogP contribution in [0.5, 0.6) is 0 Å². The van der Waals surface area contributed by atoms with Crippen LogP contribution in [0.3, 0.4) is 0 Å². The lowest BCUT2D eigenvalue weighted by Gasteiger charge is -2.33. The fraction of sp³-hybridized carbons (Fsp3) is 0.400. The summed E-state index contributed by atoms with van der Waals surface area (Å²) in [5.74, 6) is -0.00223. The van der Waals surface area contributed by atoms with E-state index in [4.69, 9.17) is 0 Å². The second-order valence-corrected chi connectivity index (χ2v) is 7.21. The Bertz CT molecular complexity index is 981. The summed E-state index contributed by atoms with van der Waals surface area (Å²) in [5, 5.41) is 19.2. The van der Waals surface area contributed by atoms with Gasteiger partial charge in [-0.2, -0.15) is 0 Å². The first-order valence-electron chi connectivity index (χ1n) is 9.29. The number of aliphatic hydroxyl groups excluding tert-OH is 1. The first kappa shape index (κ1) is 17.6. The Morgan fingerprint density at radius 3 is 3.00 bits per heavy atom. The molecule has 1 saturated heterocycles. The smallest absolute Gasteiger partial charge is 0.276 e. The minimum Gasteiger partial charge on any atom is -0.393 e. The quantitative estimate of drug-likeness (QED) is 0.770. The van der Waals surface area contributed by atoms with E-state index >= 15 is 0 Å². The Balaban J connectivity index is 1.62. The lowest BCUT2D eigenvalue weighted by Crippen LogP contribution is -2.43. The van der Waals surface area contributed by atoms with Gasteiger partial charge in [-0.15, -0.1) is 5.10 Å². The number of fused-ring (bicyclic) bond motifs is 1. The third-order valence-corrected chi connectivity index (χ3v) is 5.36. The van der Waals surface area contributed by atoms with Gasteiger partial charge in [0.05, 0.1) is 23.0 Å². The summed E-state index contributed by atoms with van der Waals surface area (Å²) in [7, 11) is 0. The molecule has 0 bridgehead atoms. The second kappa shape index (κ2) is 7.08. The largest absolute Gasteiger partial charge is 0.393 e. The summed E-state index contributed by atoms with van der Waals surface area (Å²) >= 11 is 0. The van der Waals surface area contributed by atoms with Crippen LogP contribution in [0, 0.1) is 12.8 Å². The van der Waals surface area contributed by atoms with Crippen LogP contribution >= 0.6 is 0 Å². The Hall–Kier alpha value is -2.80. The van der Waals surface area contributed by atoms with Crippen molar-refractivity contribution in [2.45, 2.75) is 32.8 Å². The average Bonchev–Trinajstić information content (AvgIpc) is 3.08. The molecule has 0 saturated carbocycles. The van der Waals surface area contributed by atoms with E-state index < -0.39 is 6.10 Å². The predicted molar refractivity (Wildman–Crippen MR) is 102 cm³/mol. The molecule has 7 heteroatoms. The molecule has 140 valence electrons. The predicted octanol–water partition coefficient (Wildman–Crippen LogP) is 2.36. The number of hydrogen-bond donors (Lipinski definition) is 1. The molecule has 1 aliphatic heterocycles. The topological polar surface area (TPSA) is 84.1 Å². The van der Waals surface area contributed by atoms with Gasteiger partial charge < -0.3 is 10.0 Å². The first-order valence-corrected chi connectivity index (χ1v) is 9.29. The number of amides is 1. The number of benzene rings is 1. The zero-order valence-corrected chi connectivity index (χ0v) is 15.5. The second-order valence-electron chi connectivity index (χ2n) is 7.21. The van der Waals surface area contributed by atoms with Crippen molar-refractivity contribution >= 4 is 16.8 Å². The number of carbonyl (C=O) groups is 1. The summed E-state index contributed by atoms with van der Waals surface area (Å²) in [6.45, 7) is 4.89. The number of likely N-dealkylation sites (tertiary alicyclic amines) is 1. The van der Waals surface area contributed by atoms with Gasteiger partial charge in [0.2, 0.25) is 0 Å². The fourth-order valence-corrected chi connectivity index (χ4v) is 3.70. The Kier molecular flexibility index (Phi) is 4.61. The van der Waals surface area contributed by atoms with Gasteiger partial charge in [0.1, 0.15) is 0 Å². The number of aliphatic hydroxyl groups is 1. The third kappa shape index (κ3) is 3.30. The van der Waals surface area contributed by atoms with Gasteiger partial charge in [0, 0.05) is 30.6 Å². The summed E-state index contributed by atoms with van der Waals surface area (Å²) in [6, 6.07) is 9.74. The Morgan fingerprint density at radius 2 is 2.19 bits per heavy atom. The van der Waals surface area contributed by atoms with Crippen molar-refractivity contribution in [2.24, 2.45) is 5.92 Å². The van der Waals surface area contributed by atoms with E-state index in [1.165, 1.54) is 0 Å². The highest BCUT2D eigenvalue weighted by atomic mass is 16.3. The highest BCUT2D eigenvalue weighted by Gasteiger charge is 2.29. The van der Waals surface area contributed by atoms with E-state index in [2.05, 4.69) is 15.3 Å². The van der Waals surface area contributed by atoms with E-state index in [1.807, 2.05) is 37.3 Å². The molecule has 2 unspecified atom stereocenters. The summed E-state index contributed by atoms with van der Waals surface area (Å²) in [5.41, 5.74) is 2.84. The highest BCUT2D eigenvalue weighted by molar-refractivity contribution is 5.93. The third-order valence-electron chi connectivity index (χ3n) is 5.36. The normalized spacial score (nSPS) is 18.6. The molecule has 27 heavy (non-hydrogen) atoms. The standard InChI is InChI=1S/C20H23N5O2/c1-13-19(20(27)24-10-4-6-16(12-24)14(2)26)22-23-25(13)17-7-8-18-15(11-17)5-3-9-21-18/h3,5,7-9,11,14,16,26H,4,6,10,12H2,1-2H3. The Morgan fingerprint density at radius 1 is 1.33 bits per heavy atom. The number of nitrogens with zero attached hydrogens (tertiary/aromatic N) is 5. The monoisotopic (exact) mass is 365 g/mol. The minimum atomic E-state index is -0.413. The van der Waals surface area contributed by atoms with Crippen molar-refractivity contribution in [2.75, 3.05) is 13.1 Å². The molecule has 1 amide bonds. The van der Waals surface area contributed by atoms with Gasteiger partial charge in [-0.25, -0.2) is 4.68 Å². The molecular formula is C20H23N5O2. The molecule has 7 nitrogen and oxygen atoms in total. The van der Waals surface area contributed by atoms with Gasteiger partial charge in [-0.3, -0.25) is 9.78 Å². The van der Waals surface area contributed by atoms with Crippen LogP contribution in [0.15, 0.2) is 36.5 Å². The number of aromatic nitrogens is 4. The van der Waals surface area contributed by atoms with Crippen molar-refractivity contribution in [3.8, 4) is 5.69 Å². The molecule has 4 rings (SSSR count). The first-order chi connectivity index (χ1) is 13.0. The Labute approximate surface area is 157 Å². The molecule has 1 fully saturated rings. The maximum Gasteiger partial charge on any atom is 0.276 e. The molecule has 3 heterocycles. The summed E-state index contributed by atoms with van der Waals surface area (Å²) in [4.78, 5) is 19.1. The summed E-state index contributed by atoms with van der Waals surface area (Å²) < 4.78 is 1.69. The molecule has 2 atom stereocenters. The average molecular weight is 365 g/mol. The van der Waals surface area contributed by atoms with Crippen LogP contribution in [0.2, 0.25) is 0 Å². The van der Waals surface area contributed by atoms with Gasteiger partial charge >= 0.3 is 0 Å². The van der Waals surface area contributed by atoms with Crippen molar-refractivity contribution in [3.05, 3.63) is 47.9 Å². The molecule has 0 aliphatic carbocycles. The van der Waals surface area contributed by atoms with Crippen LogP contribution in [0.25, 0.3) is 16.6 Å². The van der Waals surface area contributed by atoms with Gasteiger partial charge in [-0.1, -0.05) is 11.3 Å². The van der Waals surface area contributed by atoms with Crippen molar-refractivity contribution in [3.63, 3.8) is 0 Å². The number of hydrogen-bond acceptors (Lipinski definition) is 5. The van der Waals surface area contributed by atoms with Crippen LogP contribution in [0.4, 0.5) is 0 Å². The zero-order chi connectivity index (χ0) is 19.0. The summed E-state index contributed by atoms with van der Waals surface area (Å²) in [6.07, 6.45) is 3.19. The maximum atomic E-state index is 13.0. The minimum absolute atomic E-state index is 0.117. The van der Waals surface area contributed by atoms with Gasteiger partial charge in [0.15, 0.2) is 5.69 Å². The number of carbonyl (C=O) groups excluding carboxylic acids is 1. The molecule has 3 aromatic rings. The van der Waals surface area contributed by atoms with E-state index in [0.717, 1.165) is 29.4 Å². The van der Waals surface area contributed by atoms with Gasteiger partial charge in [0.25, 0.3) is 5.91 Å². The van der Waals surface area contributed by atoms with E-state index in [-0.39, 0.29) is 11.8 Å². The number of pyridine rings is 1. The zero-order valence-electron chi connectivity index (χ0n) is 15.5. The van der Waals surface area contributed by atoms with E-state index in [9.17, 15) is 9.90 Å². The van der Waals surface area contributed by atoms with Crippen molar-refractivity contribution < 1.29 is 9.90 Å². The van der Waals surface area contributed by atoms with Crippen LogP contribution < -0.4 is 0 Å². The van der Waals surface area contributed by atoms with Crippen molar-refractivity contribution in [1.29, 1.82) is 0 Å². The molecule has 0 spiro atoms. The molecule has 2 aromatic heterocycles. The van der Waals surface area contributed by atoms with Crippen LogP contribution in [0.1, 0.15) is 35.9 Å². The van der Waals surface area contributed by atoms with E-state index in [0.29, 0.717) is 24.5 Å². The maximum absolute atomic E-state index is 13.0. The number of piperidine rings is 1. The molecule has 1 aliphatic rings. The molecule has 0 radical (unpaired) electrons. The molecular weight excluding hydrogens is 342 g/mol. The van der Waals surface area contributed by atoms with Crippen LogP contribution in [-0.2, 0) is 0 Å². The lowest BCUT2D eigenvalue weighted by atomic mass is 9.93. The van der Waals surface area contributed by atoms with Crippen molar-refractivity contribution in [1.82, 2.24) is 24.9 Å². The fourth-order valence-electron chi connectivity index (χ4n) is 3.70. The molecule has 1 N–H and O–H groups in total. The lowest BCUT2D eigenvalue weighted by molar-refractivity contribution is 0.0461.